The zero-order chi connectivity index (χ0) is 21.8. The van der Waals surface area contributed by atoms with Gasteiger partial charge in [0.1, 0.15) is 17.6 Å². The summed E-state index contributed by atoms with van der Waals surface area (Å²) in [6, 6.07) is 9.01. The molecule has 0 spiro atoms. The Hall–Kier alpha value is -2.90. The monoisotopic (exact) mass is 430 g/mol. The van der Waals surface area contributed by atoms with Gasteiger partial charge in [0.25, 0.3) is 11.7 Å². The minimum absolute atomic E-state index is 0.0170. The normalized spacial score (nSPS) is 18.3. The van der Waals surface area contributed by atoms with Crippen molar-refractivity contribution in [2.24, 2.45) is 0 Å². The van der Waals surface area contributed by atoms with Crippen molar-refractivity contribution in [1.82, 2.24) is 9.88 Å². The summed E-state index contributed by atoms with van der Waals surface area (Å²) in [7, 11) is 1.45. The van der Waals surface area contributed by atoms with Gasteiger partial charge in [0, 0.05) is 18.3 Å². The van der Waals surface area contributed by atoms with E-state index in [1.807, 2.05) is 13.8 Å². The Labute approximate surface area is 179 Å². The number of benzene rings is 1. The number of carbonyl (C=O) groups excluding carboxylic acids is 2. The number of aromatic nitrogens is 1. The lowest BCUT2D eigenvalue weighted by Gasteiger charge is -2.24. The van der Waals surface area contributed by atoms with Crippen LogP contribution in [0.4, 0.5) is 0 Å². The third-order valence-corrected chi connectivity index (χ3v) is 5.03. The highest BCUT2D eigenvalue weighted by molar-refractivity contribution is 6.46. The molecule has 1 fully saturated rings. The van der Waals surface area contributed by atoms with E-state index in [2.05, 4.69) is 4.98 Å². The van der Waals surface area contributed by atoms with Gasteiger partial charge < -0.3 is 19.5 Å². The first kappa shape index (κ1) is 21.8. The molecule has 8 heteroatoms. The van der Waals surface area contributed by atoms with Crippen molar-refractivity contribution in [1.29, 1.82) is 0 Å². The number of aliphatic hydroxyl groups is 1. The molecule has 2 aromatic rings. The van der Waals surface area contributed by atoms with E-state index in [-0.39, 0.29) is 30.6 Å². The lowest BCUT2D eigenvalue weighted by molar-refractivity contribution is -0.140. The minimum atomic E-state index is -0.830. The summed E-state index contributed by atoms with van der Waals surface area (Å²) in [5.41, 5.74) is 0.755. The lowest BCUT2D eigenvalue weighted by atomic mass is 9.98. The molecule has 158 valence electrons. The largest absolute Gasteiger partial charge is 0.507 e. The molecule has 1 aromatic heterocycles. The molecule has 0 saturated carbocycles. The Kier molecular flexibility index (Phi) is 6.74. The van der Waals surface area contributed by atoms with Gasteiger partial charge in [0.2, 0.25) is 0 Å². The predicted octanol–water partition coefficient (Wildman–Crippen LogP) is 3.59. The summed E-state index contributed by atoms with van der Waals surface area (Å²) < 4.78 is 10.8. The molecule has 1 aliphatic heterocycles. The predicted molar refractivity (Wildman–Crippen MR) is 112 cm³/mol. The van der Waals surface area contributed by atoms with E-state index in [4.69, 9.17) is 21.1 Å². The zero-order valence-electron chi connectivity index (χ0n) is 17.0. The van der Waals surface area contributed by atoms with Gasteiger partial charge in [-0.25, -0.2) is 0 Å². The second kappa shape index (κ2) is 9.28. The van der Waals surface area contributed by atoms with Gasteiger partial charge in [-0.15, -0.1) is 0 Å². The lowest BCUT2D eigenvalue weighted by Crippen LogP contribution is -2.33. The smallest absolute Gasteiger partial charge is 0.295 e. The number of amides is 1. The minimum Gasteiger partial charge on any atom is -0.507 e. The molecule has 0 bridgehead atoms. The summed E-state index contributed by atoms with van der Waals surface area (Å²) in [6.45, 7) is 4.21. The number of pyridine rings is 1. The van der Waals surface area contributed by atoms with Crippen molar-refractivity contribution in [3.63, 3.8) is 0 Å². The molecule has 1 aromatic carbocycles. The van der Waals surface area contributed by atoms with E-state index < -0.39 is 17.7 Å². The number of ketones is 1. The highest BCUT2D eigenvalue weighted by Crippen LogP contribution is 2.39. The number of halogens is 1. The number of hydrogen-bond donors (Lipinski definition) is 1. The first-order valence-electron chi connectivity index (χ1n) is 9.50. The van der Waals surface area contributed by atoms with Gasteiger partial charge in [-0.2, -0.15) is 0 Å². The van der Waals surface area contributed by atoms with Gasteiger partial charge >= 0.3 is 0 Å². The van der Waals surface area contributed by atoms with Crippen LogP contribution in [-0.2, 0) is 14.3 Å². The molecular weight excluding hydrogens is 408 g/mol. The standard InChI is InChI=1S/C22H23ClN2O5/c1-13(2)30-11-10-25-19(16-6-4-5-9-24-16)18(21(27)22(25)28)20(26)14-7-8-15(23)17(12-14)29-3/h4-9,12-13,19,26H,10-11H2,1-3H3/b20-18-. The number of aliphatic hydroxyl groups excluding tert-OH is 1. The second-order valence-corrected chi connectivity index (χ2v) is 7.42. The summed E-state index contributed by atoms with van der Waals surface area (Å²) in [5, 5.41) is 11.4. The van der Waals surface area contributed by atoms with Crippen LogP contribution < -0.4 is 4.74 Å². The molecular formula is C22H23ClN2O5. The topological polar surface area (TPSA) is 89.0 Å². The van der Waals surface area contributed by atoms with Crippen molar-refractivity contribution >= 4 is 29.1 Å². The van der Waals surface area contributed by atoms with E-state index >= 15 is 0 Å². The fraction of sp³-hybridized carbons (Fsp3) is 0.318. The van der Waals surface area contributed by atoms with Crippen molar-refractivity contribution < 1.29 is 24.2 Å². The molecule has 3 rings (SSSR count). The number of likely N-dealkylation sites (tertiary alicyclic amines) is 1. The number of methoxy groups -OCH3 is 1. The van der Waals surface area contributed by atoms with Crippen LogP contribution in [0.1, 0.15) is 31.1 Å². The van der Waals surface area contributed by atoms with Gasteiger partial charge in [0.05, 0.1) is 36.1 Å². The fourth-order valence-corrected chi connectivity index (χ4v) is 3.50. The summed E-state index contributed by atoms with van der Waals surface area (Å²) in [5.74, 6) is -1.46. The van der Waals surface area contributed by atoms with Crippen molar-refractivity contribution in [3.05, 3.63) is 64.4 Å². The number of ether oxygens (including phenoxy) is 2. The van der Waals surface area contributed by atoms with E-state index in [1.54, 1.807) is 36.5 Å². The SMILES string of the molecule is COc1cc(/C(O)=C2/C(=O)C(=O)N(CCOC(C)C)C2c2ccccn2)ccc1Cl. The van der Waals surface area contributed by atoms with Crippen LogP contribution in [0.15, 0.2) is 48.2 Å². The number of Topliss-reactive ketones (excluding diaryl/α,β-unsaturated/α-hetero) is 1. The third kappa shape index (κ3) is 4.32. The highest BCUT2D eigenvalue weighted by atomic mass is 35.5. The molecule has 1 aliphatic rings. The second-order valence-electron chi connectivity index (χ2n) is 7.02. The number of carbonyl (C=O) groups is 2. The van der Waals surface area contributed by atoms with Crippen molar-refractivity contribution in [3.8, 4) is 5.75 Å². The first-order chi connectivity index (χ1) is 14.3. The third-order valence-electron chi connectivity index (χ3n) is 4.72. The Morgan fingerprint density at radius 1 is 1.27 bits per heavy atom. The van der Waals surface area contributed by atoms with Crippen LogP contribution in [0.3, 0.4) is 0 Å². The van der Waals surface area contributed by atoms with Gasteiger partial charge in [-0.1, -0.05) is 17.7 Å². The quantitative estimate of drug-likeness (QED) is 0.410. The number of hydrogen-bond acceptors (Lipinski definition) is 6. The molecule has 30 heavy (non-hydrogen) atoms. The first-order valence-corrected chi connectivity index (χ1v) is 9.87. The van der Waals surface area contributed by atoms with Gasteiger partial charge in [-0.3, -0.25) is 14.6 Å². The van der Waals surface area contributed by atoms with E-state index in [1.165, 1.54) is 18.1 Å². The van der Waals surface area contributed by atoms with Crippen LogP contribution in [-0.4, -0.2) is 53.0 Å². The maximum Gasteiger partial charge on any atom is 0.295 e. The maximum atomic E-state index is 12.9. The Bertz CT molecular complexity index is 975. The van der Waals surface area contributed by atoms with Gasteiger partial charge in [-0.05, 0) is 44.2 Å². The Morgan fingerprint density at radius 2 is 2.03 bits per heavy atom. The molecule has 1 N–H and O–H groups in total. The fourth-order valence-electron chi connectivity index (χ4n) is 3.31. The molecule has 7 nitrogen and oxygen atoms in total. The van der Waals surface area contributed by atoms with Gasteiger partial charge in [0.15, 0.2) is 0 Å². The summed E-state index contributed by atoms with van der Waals surface area (Å²) in [4.78, 5) is 31.4. The zero-order valence-corrected chi connectivity index (χ0v) is 17.7. The van der Waals surface area contributed by atoms with Crippen LogP contribution in [0, 0.1) is 0 Å². The molecule has 1 unspecified atom stereocenters. The Morgan fingerprint density at radius 3 is 2.67 bits per heavy atom. The molecule has 1 saturated heterocycles. The summed E-state index contributed by atoms with van der Waals surface area (Å²) in [6.07, 6.45) is 1.56. The van der Waals surface area contributed by atoms with Crippen LogP contribution in [0.5, 0.6) is 5.75 Å². The number of nitrogens with zero attached hydrogens (tertiary/aromatic N) is 2. The molecule has 1 amide bonds. The molecule has 0 aliphatic carbocycles. The highest BCUT2D eigenvalue weighted by Gasteiger charge is 2.46. The number of rotatable bonds is 7. The van der Waals surface area contributed by atoms with Crippen molar-refractivity contribution in [2.75, 3.05) is 20.3 Å². The van der Waals surface area contributed by atoms with Crippen molar-refractivity contribution in [2.45, 2.75) is 26.0 Å². The van der Waals surface area contributed by atoms with Crippen LogP contribution in [0.2, 0.25) is 5.02 Å². The van der Waals surface area contributed by atoms with Crippen LogP contribution in [0.25, 0.3) is 5.76 Å². The molecule has 2 heterocycles. The summed E-state index contributed by atoms with van der Waals surface area (Å²) >= 11 is 6.07. The molecule has 1 atom stereocenters. The Balaban J connectivity index is 2.09. The van der Waals surface area contributed by atoms with Crippen LogP contribution >= 0.6 is 11.6 Å². The van der Waals surface area contributed by atoms with E-state index in [9.17, 15) is 14.7 Å². The molecule has 0 radical (unpaired) electrons. The maximum absolute atomic E-state index is 12.9. The van der Waals surface area contributed by atoms with E-state index in [0.29, 0.717) is 22.0 Å². The average molecular weight is 431 g/mol. The van der Waals surface area contributed by atoms with E-state index in [0.717, 1.165) is 0 Å². The average Bonchev–Trinajstić information content (AvgIpc) is 2.99.